The SMILES string of the molecule is CNC(=O)CN(C)c1ccc(S(N)(=O)=O)c(N)c1. The van der Waals surface area contributed by atoms with E-state index in [-0.39, 0.29) is 23.0 Å². The first-order chi connectivity index (χ1) is 8.25. The Morgan fingerprint density at radius 1 is 1.44 bits per heavy atom. The zero-order chi connectivity index (χ0) is 13.9. The van der Waals surface area contributed by atoms with Gasteiger partial charge in [0.2, 0.25) is 15.9 Å². The van der Waals surface area contributed by atoms with Crippen LogP contribution in [0.1, 0.15) is 0 Å². The molecule has 8 heteroatoms. The van der Waals surface area contributed by atoms with Crippen LogP contribution in [-0.2, 0) is 14.8 Å². The number of rotatable bonds is 4. The Balaban J connectivity index is 3.01. The van der Waals surface area contributed by atoms with Crippen LogP contribution in [-0.4, -0.2) is 35.0 Å². The van der Waals surface area contributed by atoms with Crippen molar-refractivity contribution >= 4 is 27.3 Å². The van der Waals surface area contributed by atoms with Crippen molar-refractivity contribution in [3.8, 4) is 0 Å². The third kappa shape index (κ3) is 3.34. The molecule has 0 aliphatic rings. The third-order valence-electron chi connectivity index (χ3n) is 2.40. The average molecular weight is 272 g/mol. The van der Waals surface area contributed by atoms with Gasteiger partial charge >= 0.3 is 0 Å². The van der Waals surface area contributed by atoms with E-state index in [1.165, 1.54) is 19.2 Å². The van der Waals surface area contributed by atoms with E-state index in [4.69, 9.17) is 10.9 Å². The Bertz CT molecular complexity index is 556. The second kappa shape index (κ2) is 5.23. The minimum atomic E-state index is -3.83. The number of benzene rings is 1. The third-order valence-corrected chi connectivity index (χ3v) is 3.39. The zero-order valence-corrected chi connectivity index (χ0v) is 11.0. The maximum absolute atomic E-state index is 11.2. The normalized spacial score (nSPS) is 11.1. The van der Waals surface area contributed by atoms with Crippen molar-refractivity contribution in [3.05, 3.63) is 18.2 Å². The van der Waals surface area contributed by atoms with Gasteiger partial charge in [-0.1, -0.05) is 0 Å². The Kier molecular flexibility index (Phi) is 4.15. The largest absolute Gasteiger partial charge is 0.398 e. The molecular formula is C10H16N4O3S. The van der Waals surface area contributed by atoms with Gasteiger partial charge in [0.05, 0.1) is 12.2 Å². The van der Waals surface area contributed by atoms with E-state index in [9.17, 15) is 13.2 Å². The molecule has 0 spiro atoms. The Morgan fingerprint density at radius 2 is 2.06 bits per heavy atom. The molecule has 0 aliphatic carbocycles. The average Bonchev–Trinajstić information content (AvgIpc) is 2.26. The number of amides is 1. The smallest absolute Gasteiger partial charge is 0.240 e. The first-order valence-corrected chi connectivity index (χ1v) is 6.64. The maximum Gasteiger partial charge on any atom is 0.240 e. The summed E-state index contributed by atoms with van der Waals surface area (Å²) in [5.41, 5.74) is 6.30. The van der Waals surface area contributed by atoms with Crippen molar-refractivity contribution < 1.29 is 13.2 Å². The molecule has 18 heavy (non-hydrogen) atoms. The number of carbonyl (C=O) groups is 1. The lowest BCUT2D eigenvalue weighted by Gasteiger charge is -2.19. The monoisotopic (exact) mass is 272 g/mol. The van der Waals surface area contributed by atoms with Gasteiger partial charge in [-0.3, -0.25) is 4.79 Å². The summed E-state index contributed by atoms with van der Waals surface area (Å²) in [7, 11) is -0.595. The van der Waals surface area contributed by atoms with Crippen LogP contribution in [0, 0.1) is 0 Å². The van der Waals surface area contributed by atoms with E-state index in [1.54, 1.807) is 18.0 Å². The van der Waals surface area contributed by atoms with Crippen LogP contribution in [0.15, 0.2) is 23.1 Å². The molecule has 7 nitrogen and oxygen atoms in total. The highest BCUT2D eigenvalue weighted by Gasteiger charge is 2.14. The standard InChI is InChI=1S/C10H16N4O3S/c1-13-10(15)6-14(2)7-3-4-9(8(11)5-7)18(12,16)17/h3-5H,6,11H2,1-2H3,(H,13,15)(H2,12,16,17). The van der Waals surface area contributed by atoms with Crippen molar-refractivity contribution in [2.75, 3.05) is 31.3 Å². The van der Waals surface area contributed by atoms with E-state index >= 15 is 0 Å². The summed E-state index contributed by atoms with van der Waals surface area (Å²) in [5, 5.41) is 7.49. The van der Waals surface area contributed by atoms with Gasteiger partial charge in [-0.05, 0) is 18.2 Å². The summed E-state index contributed by atoms with van der Waals surface area (Å²) in [5.74, 6) is -0.161. The van der Waals surface area contributed by atoms with E-state index in [0.29, 0.717) is 5.69 Å². The molecule has 0 heterocycles. The molecule has 0 aliphatic heterocycles. The van der Waals surface area contributed by atoms with Crippen LogP contribution < -0.4 is 21.1 Å². The van der Waals surface area contributed by atoms with Gasteiger partial charge in [0.25, 0.3) is 0 Å². The Labute approximate surface area is 106 Å². The van der Waals surface area contributed by atoms with Crippen molar-refractivity contribution in [1.29, 1.82) is 0 Å². The lowest BCUT2D eigenvalue weighted by Crippen LogP contribution is -2.33. The van der Waals surface area contributed by atoms with Gasteiger partial charge in [0, 0.05) is 19.8 Å². The summed E-state index contributed by atoms with van der Waals surface area (Å²) in [6.45, 7) is 0.144. The van der Waals surface area contributed by atoms with Crippen LogP contribution in [0.5, 0.6) is 0 Å². The molecule has 0 saturated carbocycles. The summed E-state index contributed by atoms with van der Waals surface area (Å²) in [4.78, 5) is 12.7. The lowest BCUT2D eigenvalue weighted by atomic mass is 10.2. The van der Waals surface area contributed by atoms with Gasteiger partial charge in [0.1, 0.15) is 4.90 Å². The van der Waals surface area contributed by atoms with Gasteiger partial charge in [-0.25, -0.2) is 13.6 Å². The number of nitrogen functional groups attached to an aromatic ring is 1. The molecule has 0 radical (unpaired) electrons. The molecule has 0 saturated heterocycles. The first-order valence-electron chi connectivity index (χ1n) is 5.09. The number of hydrogen-bond donors (Lipinski definition) is 3. The highest BCUT2D eigenvalue weighted by molar-refractivity contribution is 7.89. The van der Waals surface area contributed by atoms with Crippen molar-refractivity contribution in [2.45, 2.75) is 4.90 Å². The van der Waals surface area contributed by atoms with Crippen LogP contribution in [0.25, 0.3) is 0 Å². The lowest BCUT2D eigenvalue weighted by molar-refractivity contribution is -0.119. The molecule has 0 fully saturated rings. The molecule has 0 unspecified atom stereocenters. The summed E-state index contributed by atoms with van der Waals surface area (Å²) < 4.78 is 22.4. The van der Waals surface area contributed by atoms with Gasteiger partial charge in [0.15, 0.2) is 0 Å². The number of anilines is 2. The second-order valence-electron chi connectivity index (χ2n) is 3.80. The number of hydrogen-bond acceptors (Lipinski definition) is 5. The maximum atomic E-state index is 11.2. The molecule has 0 bridgehead atoms. The minimum absolute atomic E-state index is 0.0544. The fourth-order valence-electron chi connectivity index (χ4n) is 1.42. The molecular weight excluding hydrogens is 256 g/mol. The molecule has 1 aromatic rings. The highest BCUT2D eigenvalue weighted by Crippen LogP contribution is 2.23. The second-order valence-corrected chi connectivity index (χ2v) is 5.33. The molecule has 1 rings (SSSR count). The first kappa shape index (κ1) is 14.3. The van der Waals surface area contributed by atoms with Crippen LogP contribution in [0.4, 0.5) is 11.4 Å². The molecule has 0 atom stereocenters. The molecule has 0 aromatic heterocycles. The topological polar surface area (TPSA) is 119 Å². The predicted octanol–water partition coefficient (Wildman–Crippen LogP) is -0.902. The van der Waals surface area contributed by atoms with Gasteiger partial charge in [-0.2, -0.15) is 0 Å². The van der Waals surface area contributed by atoms with E-state index in [2.05, 4.69) is 5.32 Å². The van der Waals surface area contributed by atoms with E-state index in [0.717, 1.165) is 0 Å². The number of sulfonamides is 1. The van der Waals surface area contributed by atoms with E-state index < -0.39 is 10.0 Å². The fraction of sp³-hybridized carbons (Fsp3) is 0.300. The number of primary sulfonamides is 1. The molecule has 1 amide bonds. The van der Waals surface area contributed by atoms with E-state index in [1.807, 2.05) is 0 Å². The van der Waals surface area contributed by atoms with Crippen molar-refractivity contribution in [2.24, 2.45) is 5.14 Å². The number of likely N-dealkylation sites (N-methyl/N-ethyl adjacent to an activating group) is 2. The quantitative estimate of drug-likeness (QED) is 0.614. The summed E-state index contributed by atoms with van der Waals surface area (Å²) >= 11 is 0. The van der Waals surface area contributed by atoms with Crippen LogP contribution in [0.2, 0.25) is 0 Å². The summed E-state index contributed by atoms with van der Waals surface area (Å²) in [6, 6.07) is 4.32. The number of nitrogens with two attached hydrogens (primary N) is 2. The van der Waals surface area contributed by atoms with Crippen molar-refractivity contribution in [1.82, 2.24) is 5.32 Å². The van der Waals surface area contributed by atoms with Gasteiger partial charge in [-0.15, -0.1) is 0 Å². The highest BCUT2D eigenvalue weighted by atomic mass is 32.2. The number of carbonyl (C=O) groups excluding carboxylic acids is 1. The Morgan fingerprint density at radius 3 is 2.50 bits per heavy atom. The molecule has 1 aromatic carbocycles. The van der Waals surface area contributed by atoms with Crippen molar-refractivity contribution in [3.63, 3.8) is 0 Å². The van der Waals surface area contributed by atoms with Crippen LogP contribution in [0.3, 0.4) is 0 Å². The van der Waals surface area contributed by atoms with Gasteiger partial charge < -0.3 is 16.0 Å². The molecule has 5 N–H and O–H groups in total. The number of nitrogens with one attached hydrogen (secondary N) is 1. The molecule has 100 valence electrons. The fourth-order valence-corrected chi connectivity index (χ4v) is 2.06. The predicted molar refractivity (Wildman–Crippen MR) is 69.6 cm³/mol. The Hall–Kier alpha value is -1.80. The zero-order valence-electron chi connectivity index (χ0n) is 10.2. The minimum Gasteiger partial charge on any atom is -0.398 e. The number of nitrogens with zero attached hydrogens (tertiary/aromatic N) is 1. The van der Waals surface area contributed by atoms with Crippen LogP contribution >= 0.6 is 0 Å². The summed E-state index contributed by atoms with van der Waals surface area (Å²) in [6.07, 6.45) is 0.